The maximum Gasteiger partial charge on any atom is 0.211 e. The molecular formula is C8H18N2O6S3. The summed E-state index contributed by atoms with van der Waals surface area (Å²) in [6, 6.07) is -0.610. The first kappa shape index (κ1) is 16.8. The number of hydrogen-bond donors (Lipinski definition) is 1. The molecule has 0 aromatic carbocycles. The van der Waals surface area contributed by atoms with Crippen LogP contribution in [0.2, 0.25) is 0 Å². The Hall–Kier alpha value is -0.230. The highest BCUT2D eigenvalue weighted by Gasteiger charge is 2.36. The van der Waals surface area contributed by atoms with Gasteiger partial charge in [-0.3, -0.25) is 0 Å². The molecule has 19 heavy (non-hydrogen) atoms. The van der Waals surface area contributed by atoms with Crippen LogP contribution in [0.25, 0.3) is 0 Å². The number of nitrogens with one attached hydrogen (secondary N) is 1. The predicted molar refractivity (Wildman–Crippen MR) is 71.5 cm³/mol. The average Bonchev–Trinajstić information content (AvgIpc) is 2.49. The Morgan fingerprint density at radius 2 is 1.79 bits per heavy atom. The molecule has 0 spiro atoms. The first-order valence-electron chi connectivity index (χ1n) is 5.53. The Morgan fingerprint density at radius 1 is 1.21 bits per heavy atom. The summed E-state index contributed by atoms with van der Waals surface area (Å²) < 4.78 is 71.1. The first-order chi connectivity index (χ1) is 8.41. The third-order valence-electron chi connectivity index (χ3n) is 2.74. The van der Waals surface area contributed by atoms with Gasteiger partial charge in [0.25, 0.3) is 0 Å². The van der Waals surface area contributed by atoms with Gasteiger partial charge in [0.05, 0.1) is 24.0 Å². The summed E-state index contributed by atoms with van der Waals surface area (Å²) in [7, 11) is -10.2. The molecule has 1 unspecified atom stereocenters. The Bertz CT molecular complexity index is 621. The second-order valence-corrected chi connectivity index (χ2v) is 10.6. The molecule has 0 aromatic heterocycles. The van der Waals surface area contributed by atoms with Crippen molar-refractivity contribution in [3.63, 3.8) is 0 Å². The summed E-state index contributed by atoms with van der Waals surface area (Å²) in [6.45, 7) is -0.158. The summed E-state index contributed by atoms with van der Waals surface area (Å²) >= 11 is 0. The van der Waals surface area contributed by atoms with E-state index in [1.165, 1.54) is 0 Å². The van der Waals surface area contributed by atoms with Crippen molar-refractivity contribution in [2.75, 3.05) is 37.1 Å². The Balaban J connectivity index is 2.75. The van der Waals surface area contributed by atoms with Crippen LogP contribution in [0.4, 0.5) is 0 Å². The zero-order chi connectivity index (χ0) is 14.9. The van der Waals surface area contributed by atoms with Crippen LogP contribution in [0.3, 0.4) is 0 Å². The predicted octanol–water partition coefficient (Wildman–Crippen LogP) is -2.02. The van der Waals surface area contributed by atoms with Crippen LogP contribution in [0.1, 0.15) is 6.42 Å². The molecule has 0 aromatic rings. The lowest BCUT2D eigenvalue weighted by Crippen LogP contribution is -2.44. The molecule has 1 aliphatic rings. The summed E-state index contributed by atoms with van der Waals surface area (Å²) in [4.78, 5) is 0. The van der Waals surface area contributed by atoms with Crippen LogP contribution in [-0.4, -0.2) is 72.7 Å². The fourth-order valence-electron chi connectivity index (χ4n) is 1.96. The van der Waals surface area contributed by atoms with Gasteiger partial charge in [0.1, 0.15) is 0 Å². The topological polar surface area (TPSA) is 118 Å². The molecule has 11 heteroatoms. The molecule has 1 saturated heterocycles. The number of hydrogen-bond acceptors (Lipinski definition) is 6. The first-order valence-corrected chi connectivity index (χ1v) is 11.1. The molecule has 114 valence electrons. The van der Waals surface area contributed by atoms with Gasteiger partial charge < -0.3 is 0 Å². The van der Waals surface area contributed by atoms with Crippen LogP contribution in [0.15, 0.2) is 0 Å². The Labute approximate surface area is 114 Å². The zero-order valence-electron chi connectivity index (χ0n) is 10.7. The van der Waals surface area contributed by atoms with Crippen molar-refractivity contribution in [1.82, 2.24) is 9.03 Å². The van der Waals surface area contributed by atoms with Crippen LogP contribution >= 0.6 is 0 Å². The molecule has 0 radical (unpaired) electrons. The average molecular weight is 334 g/mol. The molecule has 0 saturated carbocycles. The van der Waals surface area contributed by atoms with Gasteiger partial charge in [-0.15, -0.1) is 0 Å². The molecule has 0 aliphatic carbocycles. The number of sulfone groups is 1. The van der Waals surface area contributed by atoms with Gasteiger partial charge in [0.2, 0.25) is 20.0 Å². The molecule has 0 bridgehead atoms. The molecule has 1 fully saturated rings. The SMILES string of the molecule is CS(=O)(=O)NCCN(C1CCS(=O)(=O)C1)S(C)(=O)=O. The molecule has 1 aliphatic heterocycles. The monoisotopic (exact) mass is 334 g/mol. The third-order valence-corrected chi connectivity index (χ3v) is 6.55. The van der Waals surface area contributed by atoms with Crippen LogP contribution < -0.4 is 4.72 Å². The van der Waals surface area contributed by atoms with E-state index in [-0.39, 0.29) is 31.0 Å². The van der Waals surface area contributed by atoms with Crippen molar-refractivity contribution in [3.8, 4) is 0 Å². The maximum absolute atomic E-state index is 11.6. The van der Waals surface area contributed by atoms with Gasteiger partial charge in [-0.2, -0.15) is 4.31 Å². The Kier molecular flexibility index (Phi) is 4.99. The standard InChI is InChI=1S/C8H18N2O6S3/c1-17(11,12)9-4-5-10(18(2,13)14)8-3-6-19(15,16)7-8/h8-9H,3-7H2,1-2H3. The van der Waals surface area contributed by atoms with E-state index in [1.807, 2.05) is 0 Å². The quantitative estimate of drug-likeness (QED) is 0.599. The highest BCUT2D eigenvalue weighted by Crippen LogP contribution is 2.19. The van der Waals surface area contributed by atoms with Crippen molar-refractivity contribution >= 4 is 29.9 Å². The fourth-order valence-corrected chi connectivity index (χ4v) is 5.39. The minimum absolute atomic E-state index is 0.0385. The molecule has 1 heterocycles. The van der Waals surface area contributed by atoms with E-state index in [0.717, 1.165) is 16.8 Å². The lowest BCUT2D eigenvalue weighted by atomic mass is 10.2. The summed E-state index contributed by atoms with van der Waals surface area (Å²) in [5, 5.41) is 0. The number of nitrogens with zero attached hydrogens (tertiary/aromatic N) is 1. The van der Waals surface area contributed by atoms with Crippen molar-refractivity contribution < 1.29 is 25.3 Å². The van der Waals surface area contributed by atoms with Crippen molar-refractivity contribution in [3.05, 3.63) is 0 Å². The molecular weight excluding hydrogens is 316 g/mol. The lowest BCUT2D eigenvalue weighted by Gasteiger charge is -2.25. The van der Waals surface area contributed by atoms with Crippen molar-refractivity contribution in [2.45, 2.75) is 12.5 Å². The molecule has 1 N–H and O–H groups in total. The van der Waals surface area contributed by atoms with E-state index in [0.29, 0.717) is 0 Å². The maximum atomic E-state index is 11.6. The molecule has 1 rings (SSSR count). The van der Waals surface area contributed by atoms with E-state index in [4.69, 9.17) is 0 Å². The summed E-state index contributed by atoms with van der Waals surface area (Å²) in [5.41, 5.74) is 0. The van der Waals surface area contributed by atoms with Gasteiger partial charge in [-0.05, 0) is 6.42 Å². The van der Waals surface area contributed by atoms with Gasteiger partial charge in [0.15, 0.2) is 9.84 Å². The fraction of sp³-hybridized carbons (Fsp3) is 1.00. The van der Waals surface area contributed by atoms with Gasteiger partial charge in [0, 0.05) is 19.1 Å². The zero-order valence-corrected chi connectivity index (χ0v) is 13.2. The number of sulfonamides is 2. The second-order valence-electron chi connectivity index (χ2n) is 4.60. The Morgan fingerprint density at radius 3 is 2.16 bits per heavy atom. The second kappa shape index (κ2) is 5.64. The van der Waals surface area contributed by atoms with Gasteiger partial charge in [-0.1, -0.05) is 0 Å². The lowest BCUT2D eigenvalue weighted by molar-refractivity contribution is 0.346. The highest BCUT2D eigenvalue weighted by atomic mass is 32.2. The van der Waals surface area contributed by atoms with E-state index >= 15 is 0 Å². The normalized spacial score (nSPS) is 23.8. The van der Waals surface area contributed by atoms with E-state index < -0.39 is 35.9 Å². The molecule has 0 amide bonds. The van der Waals surface area contributed by atoms with Crippen LogP contribution in [0.5, 0.6) is 0 Å². The smallest absolute Gasteiger partial charge is 0.211 e. The third kappa shape index (κ3) is 5.73. The van der Waals surface area contributed by atoms with E-state index in [2.05, 4.69) is 4.72 Å². The van der Waals surface area contributed by atoms with Crippen LogP contribution in [0, 0.1) is 0 Å². The molecule has 1 atom stereocenters. The van der Waals surface area contributed by atoms with Gasteiger partial charge >= 0.3 is 0 Å². The van der Waals surface area contributed by atoms with Gasteiger partial charge in [-0.25, -0.2) is 30.0 Å². The van der Waals surface area contributed by atoms with Crippen LogP contribution in [-0.2, 0) is 29.9 Å². The number of rotatable bonds is 6. The minimum Gasteiger partial charge on any atom is -0.229 e. The summed E-state index contributed by atoms with van der Waals surface area (Å²) in [5.74, 6) is -0.248. The van der Waals surface area contributed by atoms with Crippen molar-refractivity contribution in [1.29, 1.82) is 0 Å². The minimum atomic E-state index is -3.58. The largest absolute Gasteiger partial charge is 0.229 e. The van der Waals surface area contributed by atoms with E-state index in [9.17, 15) is 25.3 Å². The summed E-state index contributed by atoms with van der Waals surface area (Å²) in [6.07, 6.45) is 2.20. The molecule has 8 nitrogen and oxygen atoms in total. The van der Waals surface area contributed by atoms with E-state index in [1.54, 1.807) is 0 Å². The van der Waals surface area contributed by atoms with Crippen molar-refractivity contribution in [2.24, 2.45) is 0 Å². The highest BCUT2D eigenvalue weighted by molar-refractivity contribution is 7.92.